The van der Waals surface area contributed by atoms with E-state index in [1.165, 1.54) is 0 Å². The Morgan fingerprint density at radius 3 is 2.31 bits per heavy atom. The van der Waals surface area contributed by atoms with Crippen LogP contribution < -0.4 is 19.7 Å². The largest absolute Gasteiger partial charge is 0.496 e. The summed E-state index contributed by atoms with van der Waals surface area (Å²) in [7, 11) is 1.63. The standard InChI is InChI=1S/C24H26N2O3/c1-4-29-22-15-13-21(14-16-22)26(17-19-7-5-6-8-23(19)28-3)24(27)25-20-11-9-18(2)10-12-20/h5-16H,4,17H2,1-3H3,(H,25,27). The number of rotatable bonds is 7. The van der Waals surface area contributed by atoms with E-state index < -0.39 is 0 Å². The van der Waals surface area contributed by atoms with Crippen molar-refractivity contribution in [2.45, 2.75) is 20.4 Å². The fourth-order valence-electron chi connectivity index (χ4n) is 3.00. The molecule has 2 amide bonds. The smallest absolute Gasteiger partial charge is 0.326 e. The first-order valence-corrected chi connectivity index (χ1v) is 9.60. The number of amides is 2. The van der Waals surface area contributed by atoms with Gasteiger partial charge in [-0.25, -0.2) is 4.79 Å². The van der Waals surface area contributed by atoms with Crippen molar-refractivity contribution < 1.29 is 14.3 Å². The predicted octanol–water partition coefficient (Wildman–Crippen LogP) is 5.64. The summed E-state index contributed by atoms with van der Waals surface area (Å²) in [6, 6.07) is 22.7. The van der Waals surface area contributed by atoms with E-state index in [0.29, 0.717) is 13.2 Å². The SMILES string of the molecule is CCOc1ccc(N(Cc2ccccc2OC)C(=O)Nc2ccc(C)cc2)cc1. The summed E-state index contributed by atoms with van der Waals surface area (Å²) in [6.07, 6.45) is 0. The molecule has 29 heavy (non-hydrogen) atoms. The van der Waals surface area contributed by atoms with Crippen molar-refractivity contribution in [1.29, 1.82) is 0 Å². The van der Waals surface area contributed by atoms with Crippen LogP contribution in [0.25, 0.3) is 0 Å². The van der Waals surface area contributed by atoms with Crippen molar-refractivity contribution in [3.05, 3.63) is 83.9 Å². The van der Waals surface area contributed by atoms with Gasteiger partial charge in [0.2, 0.25) is 0 Å². The summed E-state index contributed by atoms with van der Waals surface area (Å²) in [6.45, 7) is 4.92. The lowest BCUT2D eigenvalue weighted by Crippen LogP contribution is -2.34. The van der Waals surface area contributed by atoms with Crippen LogP contribution in [0.5, 0.6) is 11.5 Å². The number of methoxy groups -OCH3 is 1. The Bertz CT molecular complexity index is 937. The number of aryl methyl sites for hydroxylation is 1. The van der Waals surface area contributed by atoms with Crippen LogP contribution in [0, 0.1) is 6.92 Å². The molecule has 3 aromatic carbocycles. The maximum Gasteiger partial charge on any atom is 0.326 e. The first kappa shape index (κ1) is 20.3. The van der Waals surface area contributed by atoms with Gasteiger partial charge in [0.15, 0.2) is 0 Å². The molecule has 3 aromatic rings. The van der Waals surface area contributed by atoms with E-state index in [-0.39, 0.29) is 6.03 Å². The van der Waals surface area contributed by atoms with E-state index in [1.54, 1.807) is 12.0 Å². The van der Waals surface area contributed by atoms with Gasteiger partial charge >= 0.3 is 6.03 Å². The van der Waals surface area contributed by atoms with Gasteiger partial charge in [-0.3, -0.25) is 4.90 Å². The van der Waals surface area contributed by atoms with E-state index in [4.69, 9.17) is 9.47 Å². The van der Waals surface area contributed by atoms with E-state index in [0.717, 1.165) is 34.0 Å². The number of benzene rings is 3. The third-order valence-corrected chi connectivity index (χ3v) is 4.53. The molecule has 5 nitrogen and oxygen atoms in total. The second kappa shape index (κ2) is 9.64. The van der Waals surface area contributed by atoms with Crippen molar-refractivity contribution in [3.8, 4) is 11.5 Å². The molecule has 0 bridgehead atoms. The molecule has 0 aliphatic heterocycles. The molecule has 0 fully saturated rings. The average molecular weight is 390 g/mol. The third kappa shape index (κ3) is 5.29. The van der Waals surface area contributed by atoms with E-state index in [9.17, 15) is 4.79 Å². The first-order valence-electron chi connectivity index (χ1n) is 9.60. The van der Waals surface area contributed by atoms with E-state index >= 15 is 0 Å². The molecule has 0 radical (unpaired) electrons. The number of para-hydroxylation sites is 1. The molecular formula is C24H26N2O3. The number of hydrogen-bond donors (Lipinski definition) is 1. The minimum absolute atomic E-state index is 0.219. The molecule has 0 aromatic heterocycles. The van der Waals surface area contributed by atoms with Crippen LogP contribution in [0.1, 0.15) is 18.1 Å². The van der Waals surface area contributed by atoms with Crippen molar-refractivity contribution in [2.75, 3.05) is 23.9 Å². The number of carbonyl (C=O) groups excluding carboxylic acids is 1. The average Bonchev–Trinajstić information content (AvgIpc) is 2.75. The topological polar surface area (TPSA) is 50.8 Å². The first-order chi connectivity index (χ1) is 14.1. The highest BCUT2D eigenvalue weighted by Crippen LogP contribution is 2.26. The molecule has 5 heteroatoms. The summed E-state index contributed by atoms with van der Waals surface area (Å²) >= 11 is 0. The molecule has 1 N–H and O–H groups in total. The van der Waals surface area contributed by atoms with Gasteiger partial charge < -0.3 is 14.8 Å². The minimum Gasteiger partial charge on any atom is -0.496 e. The number of nitrogens with one attached hydrogen (secondary N) is 1. The lowest BCUT2D eigenvalue weighted by atomic mass is 10.1. The van der Waals surface area contributed by atoms with Gasteiger partial charge in [0, 0.05) is 16.9 Å². The van der Waals surface area contributed by atoms with Gasteiger partial charge in [-0.15, -0.1) is 0 Å². The fourth-order valence-corrected chi connectivity index (χ4v) is 3.00. The zero-order valence-electron chi connectivity index (χ0n) is 17.0. The second-order valence-corrected chi connectivity index (χ2v) is 6.62. The molecule has 0 saturated heterocycles. The third-order valence-electron chi connectivity index (χ3n) is 4.53. The van der Waals surface area contributed by atoms with Crippen molar-refractivity contribution >= 4 is 17.4 Å². The Kier molecular flexibility index (Phi) is 6.74. The zero-order valence-corrected chi connectivity index (χ0v) is 17.0. The van der Waals surface area contributed by atoms with Crippen LogP contribution in [0.3, 0.4) is 0 Å². The summed E-state index contributed by atoms with van der Waals surface area (Å²) < 4.78 is 11.0. The number of ether oxygens (including phenoxy) is 2. The zero-order chi connectivity index (χ0) is 20.6. The highest BCUT2D eigenvalue weighted by atomic mass is 16.5. The molecular weight excluding hydrogens is 364 g/mol. The van der Waals surface area contributed by atoms with Crippen molar-refractivity contribution in [1.82, 2.24) is 0 Å². The maximum absolute atomic E-state index is 13.2. The highest BCUT2D eigenvalue weighted by molar-refractivity contribution is 6.01. The molecule has 0 unspecified atom stereocenters. The molecule has 3 rings (SSSR count). The Morgan fingerprint density at radius 1 is 0.966 bits per heavy atom. The molecule has 0 saturated carbocycles. The van der Waals surface area contributed by atoms with Crippen LogP contribution in [0.2, 0.25) is 0 Å². The molecule has 0 heterocycles. The van der Waals surface area contributed by atoms with Gasteiger partial charge in [-0.1, -0.05) is 35.9 Å². The predicted molar refractivity (Wildman–Crippen MR) is 117 cm³/mol. The Morgan fingerprint density at radius 2 is 1.66 bits per heavy atom. The molecule has 0 spiro atoms. The molecule has 0 aliphatic rings. The minimum atomic E-state index is -0.219. The Balaban J connectivity index is 1.89. The van der Waals surface area contributed by atoms with Crippen LogP contribution in [-0.4, -0.2) is 19.7 Å². The summed E-state index contributed by atoms with van der Waals surface area (Å²) in [4.78, 5) is 14.8. The molecule has 0 atom stereocenters. The Hall–Kier alpha value is -3.47. The molecule has 150 valence electrons. The normalized spacial score (nSPS) is 10.3. The van der Waals surface area contributed by atoms with Crippen LogP contribution >= 0.6 is 0 Å². The maximum atomic E-state index is 13.2. The summed E-state index contributed by atoms with van der Waals surface area (Å²) in [5.74, 6) is 1.51. The number of urea groups is 1. The van der Waals surface area contributed by atoms with Crippen LogP contribution in [0.15, 0.2) is 72.8 Å². The van der Waals surface area contributed by atoms with Gasteiger partial charge in [-0.2, -0.15) is 0 Å². The number of carbonyl (C=O) groups is 1. The van der Waals surface area contributed by atoms with Gasteiger partial charge in [-0.05, 0) is 56.3 Å². The van der Waals surface area contributed by atoms with E-state index in [1.807, 2.05) is 86.6 Å². The van der Waals surface area contributed by atoms with E-state index in [2.05, 4.69) is 5.32 Å². The van der Waals surface area contributed by atoms with Crippen LogP contribution in [0.4, 0.5) is 16.2 Å². The Labute approximate surface area is 171 Å². The second-order valence-electron chi connectivity index (χ2n) is 6.62. The quantitative estimate of drug-likeness (QED) is 0.568. The lowest BCUT2D eigenvalue weighted by Gasteiger charge is -2.24. The summed E-state index contributed by atoms with van der Waals surface area (Å²) in [5.41, 5.74) is 3.57. The van der Waals surface area contributed by atoms with Crippen LogP contribution in [-0.2, 0) is 6.54 Å². The fraction of sp³-hybridized carbons (Fsp3) is 0.208. The lowest BCUT2D eigenvalue weighted by molar-refractivity contribution is 0.256. The van der Waals surface area contributed by atoms with Crippen molar-refractivity contribution in [3.63, 3.8) is 0 Å². The monoisotopic (exact) mass is 390 g/mol. The number of nitrogens with zero attached hydrogens (tertiary/aromatic N) is 1. The number of anilines is 2. The van der Waals surface area contributed by atoms with Crippen molar-refractivity contribution in [2.24, 2.45) is 0 Å². The summed E-state index contributed by atoms with van der Waals surface area (Å²) in [5, 5.41) is 2.98. The van der Waals surface area contributed by atoms with Gasteiger partial charge in [0.25, 0.3) is 0 Å². The van der Waals surface area contributed by atoms with Gasteiger partial charge in [0.1, 0.15) is 11.5 Å². The number of hydrogen-bond acceptors (Lipinski definition) is 3. The van der Waals surface area contributed by atoms with Gasteiger partial charge in [0.05, 0.1) is 20.3 Å². The highest BCUT2D eigenvalue weighted by Gasteiger charge is 2.18. The molecule has 0 aliphatic carbocycles.